The Morgan fingerprint density at radius 3 is 3.00 bits per heavy atom. The molecule has 2 aromatic rings. The van der Waals surface area contributed by atoms with E-state index in [4.69, 9.17) is 9.26 Å². The number of anilines is 1. The van der Waals surface area contributed by atoms with E-state index in [2.05, 4.69) is 10.1 Å². The van der Waals surface area contributed by atoms with E-state index in [0.29, 0.717) is 13.1 Å². The molecule has 0 amide bonds. The number of hydrogen-bond acceptors (Lipinski definition) is 5. The topological polar surface area (TPSA) is 58.7 Å². The predicted octanol–water partition coefficient (Wildman–Crippen LogP) is 1.74. The van der Waals surface area contributed by atoms with Crippen molar-refractivity contribution in [1.82, 2.24) is 5.16 Å². The van der Waals surface area contributed by atoms with Crippen LogP contribution >= 0.6 is 0 Å². The first-order chi connectivity index (χ1) is 9.26. The Hall–Kier alpha value is -2.01. The van der Waals surface area contributed by atoms with Crippen molar-refractivity contribution in [3.8, 4) is 5.75 Å². The number of aryl methyl sites for hydroxylation is 1. The second-order valence-corrected chi connectivity index (χ2v) is 4.70. The average molecular weight is 260 g/mol. The zero-order chi connectivity index (χ0) is 13.2. The third-order valence-electron chi connectivity index (χ3n) is 3.16. The van der Waals surface area contributed by atoms with E-state index in [0.717, 1.165) is 22.9 Å². The van der Waals surface area contributed by atoms with E-state index in [1.807, 2.05) is 37.3 Å². The summed E-state index contributed by atoms with van der Waals surface area (Å²) in [6, 6.07) is 9.75. The van der Waals surface area contributed by atoms with Gasteiger partial charge < -0.3 is 19.3 Å². The molecule has 3 rings (SSSR count). The summed E-state index contributed by atoms with van der Waals surface area (Å²) in [5, 5.41) is 13.3. The van der Waals surface area contributed by atoms with Gasteiger partial charge in [0.05, 0.1) is 25.4 Å². The molecule has 1 atom stereocenters. The molecule has 0 spiro atoms. The Balaban J connectivity index is 1.87. The second-order valence-electron chi connectivity index (χ2n) is 4.70. The molecule has 0 saturated carbocycles. The number of aliphatic hydroxyl groups is 1. The molecule has 0 aliphatic carbocycles. The number of fused-ring (bicyclic) bond motifs is 1. The summed E-state index contributed by atoms with van der Waals surface area (Å²) in [4.78, 5) is 2.15. The van der Waals surface area contributed by atoms with Gasteiger partial charge in [-0.05, 0) is 19.1 Å². The van der Waals surface area contributed by atoms with Crippen LogP contribution in [0.4, 0.5) is 5.69 Å². The Morgan fingerprint density at radius 2 is 2.26 bits per heavy atom. The van der Waals surface area contributed by atoms with Gasteiger partial charge in [0.1, 0.15) is 23.3 Å². The molecule has 2 heterocycles. The maximum absolute atomic E-state index is 9.32. The standard InChI is InChI=1S/C14H16N2O3/c1-10-6-11(15-19-10)7-16-8-12(9-17)18-14-5-3-2-4-13(14)16/h2-6,12,17H,7-9H2,1H3. The van der Waals surface area contributed by atoms with Crippen molar-refractivity contribution in [2.45, 2.75) is 19.6 Å². The van der Waals surface area contributed by atoms with Crippen LogP contribution in [0.1, 0.15) is 11.5 Å². The fourth-order valence-corrected chi connectivity index (χ4v) is 2.31. The Bertz CT molecular complexity index is 567. The lowest BCUT2D eigenvalue weighted by atomic mass is 10.2. The highest BCUT2D eigenvalue weighted by Crippen LogP contribution is 2.33. The molecule has 100 valence electrons. The molecule has 19 heavy (non-hydrogen) atoms. The van der Waals surface area contributed by atoms with Crippen molar-refractivity contribution < 1.29 is 14.4 Å². The van der Waals surface area contributed by atoms with Gasteiger partial charge in [0.15, 0.2) is 0 Å². The van der Waals surface area contributed by atoms with Gasteiger partial charge in [0, 0.05) is 6.07 Å². The zero-order valence-electron chi connectivity index (χ0n) is 10.7. The van der Waals surface area contributed by atoms with Gasteiger partial charge in [-0.1, -0.05) is 17.3 Å². The first-order valence-corrected chi connectivity index (χ1v) is 6.30. The van der Waals surface area contributed by atoms with Crippen molar-refractivity contribution in [1.29, 1.82) is 0 Å². The maximum Gasteiger partial charge on any atom is 0.143 e. The molecule has 1 unspecified atom stereocenters. The van der Waals surface area contributed by atoms with Gasteiger partial charge in [-0.15, -0.1) is 0 Å². The summed E-state index contributed by atoms with van der Waals surface area (Å²) in [6.45, 7) is 3.16. The van der Waals surface area contributed by atoms with Gasteiger partial charge in [0.2, 0.25) is 0 Å². The number of hydrogen-bond donors (Lipinski definition) is 1. The Kier molecular flexibility index (Phi) is 3.13. The third-order valence-corrected chi connectivity index (χ3v) is 3.16. The molecule has 1 aromatic heterocycles. The van der Waals surface area contributed by atoms with Gasteiger partial charge >= 0.3 is 0 Å². The molecular weight excluding hydrogens is 244 g/mol. The summed E-state index contributed by atoms with van der Waals surface area (Å²) in [6.07, 6.45) is -0.206. The van der Waals surface area contributed by atoms with E-state index >= 15 is 0 Å². The molecule has 5 nitrogen and oxygen atoms in total. The number of rotatable bonds is 3. The minimum absolute atomic E-state index is 0.00266. The molecule has 0 radical (unpaired) electrons. The average Bonchev–Trinajstić information content (AvgIpc) is 2.84. The van der Waals surface area contributed by atoms with E-state index < -0.39 is 0 Å². The van der Waals surface area contributed by atoms with Crippen LogP contribution in [-0.2, 0) is 6.54 Å². The van der Waals surface area contributed by atoms with Crippen LogP contribution < -0.4 is 9.64 Å². The molecule has 5 heteroatoms. The second kappa shape index (κ2) is 4.93. The van der Waals surface area contributed by atoms with Crippen LogP contribution in [0.15, 0.2) is 34.9 Å². The first kappa shape index (κ1) is 12.0. The lowest BCUT2D eigenvalue weighted by Crippen LogP contribution is -2.41. The normalized spacial score (nSPS) is 18.0. The number of nitrogens with zero attached hydrogens (tertiary/aromatic N) is 2. The van der Waals surface area contributed by atoms with Crippen LogP contribution in [0.25, 0.3) is 0 Å². The first-order valence-electron chi connectivity index (χ1n) is 6.30. The van der Waals surface area contributed by atoms with Gasteiger partial charge in [0.25, 0.3) is 0 Å². The highest BCUT2D eigenvalue weighted by Gasteiger charge is 2.25. The Labute approximate surface area is 111 Å². The molecule has 1 aliphatic heterocycles. The maximum atomic E-state index is 9.32. The van der Waals surface area contributed by atoms with Crippen molar-refractivity contribution in [3.05, 3.63) is 41.8 Å². The minimum Gasteiger partial charge on any atom is -0.484 e. The summed E-state index contributed by atoms with van der Waals surface area (Å²) >= 11 is 0. The lowest BCUT2D eigenvalue weighted by molar-refractivity contribution is 0.112. The van der Waals surface area contributed by atoms with Crippen LogP contribution in [-0.4, -0.2) is 29.5 Å². The molecule has 1 aromatic carbocycles. The number of ether oxygens (including phenoxy) is 1. The zero-order valence-corrected chi connectivity index (χ0v) is 10.7. The highest BCUT2D eigenvalue weighted by atomic mass is 16.5. The number of aliphatic hydroxyl groups excluding tert-OH is 1. The van der Waals surface area contributed by atoms with Crippen molar-refractivity contribution in [2.24, 2.45) is 0 Å². The summed E-state index contributed by atoms with van der Waals surface area (Å²) in [5.41, 5.74) is 1.90. The summed E-state index contributed by atoms with van der Waals surface area (Å²) in [5.74, 6) is 1.60. The summed E-state index contributed by atoms with van der Waals surface area (Å²) in [7, 11) is 0. The van der Waals surface area contributed by atoms with Crippen LogP contribution in [0, 0.1) is 6.92 Å². The Morgan fingerprint density at radius 1 is 1.42 bits per heavy atom. The van der Waals surface area contributed by atoms with E-state index in [1.54, 1.807) is 0 Å². The van der Waals surface area contributed by atoms with Crippen molar-refractivity contribution >= 4 is 5.69 Å². The van der Waals surface area contributed by atoms with Crippen molar-refractivity contribution in [2.75, 3.05) is 18.1 Å². The van der Waals surface area contributed by atoms with Crippen molar-refractivity contribution in [3.63, 3.8) is 0 Å². The smallest absolute Gasteiger partial charge is 0.143 e. The molecule has 1 aliphatic rings. The summed E-state index contributed by atoms with van der Waals surface area (Å²) < 4.78 is 10.8. The lowest BCUT2D eigenvalue weighted by Gasteiger charge is -2.35. The highest BCUT2D eigenvalue weighted by molar-refractivity contribution is 5.60. The monoisotopic (exact) mass is 260 g/mol. The number of aromatic nitrogens is 1. The van der Waals surface area contributed by atoms with Crippen LogP contribution in [0.5, 0.6) is 5.75 Å². The molecular formula is C14H16N2O3. The molecule has 0 saturated heterocycles. The van der Waals surface area contributed by atoms with Crippen LogP contribution in [0.2, 0.25) is 0 Å². The van der Waals surface area contributed by atoms with Gasteiger partial charge in [-0.2, -0.15) is 0 Å². The third kappa shape index (κ3) is 2.42. The fourth-order valence-electron chi connectivity index (χ4n) is 2.31. The molecule has 0 fully saturated rings. The van der Waals surface area contributed by atoms with Gasteiger partial charge in [-0.25, -0.2) is 0 Å². The van der Waals surface area contributed by atoms with Crippen LogP contribution in [0.3, 0.4) is 0 Å². The van der Waals surface area contributed by atoms with E-state index in [-0.39, 0.29) is 12.7 Å². The minimum atomic E-state index is -0.206. The number of para-hydroxylation sites is 2. The predicted molar refractivity (Wildman–Crippen MR) is 70.2 cm³/mol. The fraction of sp³-hybridized carbons (Fsp3) is 0.357. The number of benzene rings is 1. The van der Waals surface area contributed by atoms with E-state index in [1.165, 1.54) is 0 Å². The SMILES string of the molecule is Cc1cc(CN2CC(CO)Oc3ccccc32)no1. The quantitative estimate of drug-likeness (QED) is 0.911. The largest absolute Gasteiger partial charge is 0.484 e. The molecule has 1 N–H and O–H groups in total. The van der Waals surface area contributed by atoms with Gasteiger partial charge in [-0.3, -0.25) is 0 Å². The van der Waals surface area contributed by atoms with E-state index in [9.17, 15) is 5.11 Å². The molecule has 0 bridgehead atoms.